The van der Waals surface area contributed by atoms with E-state index in [1.165, 1.54) is 0 Å². The second-order valence-electron chi connectivity index (χ2n) is 2.27. The summed E-state index contributed by atoms with van der Waals surface area (Å²) in [5.74, 6) is 0. The summed E-state index contributed by atoms with van der Waals surface area (Å²) in [4.78, 5) is 0. The first-order valence-corrected chi connectivity index (χ1v) is 2.81. The van der Waals surface area contributed by atoms with Gasteiger partial charge in [0.15, 0.2) is 0 Å². The van der Waals surface area contributed by atoms with Crippen LogP contribution in [0.3, 0.4) is 0 Å². The Balaban J connectivity index is 3.49. The van der Waals surface area contributed by atoms with Gasteiger partial charge in [-0.2, -0.15) is 5.26 Å². The Bertz CT molecular complexity index is 115. The molecule has 9 heavy (non-hydrogen) atoms. The fourth-order valence-electron chi connectivity index (χ4n) is 0.370. The average molecular weight is 128 g/mol. The fraction of sp³-hybridized carbons (Fsp3) is 0.833. The molecule has 0 bridgehead atoms. The summed E-state index contributed by atoms with van der Waals surface area (Å²) >= 11 is 0. The first kappa shape index (κ1) is 8.41. The zero-order valence-corrected chi connectivity index (χ0v) is 5.85. The van der Waals surface area contributed by atoms with E-state index in [1.807, 2.05) is 6.07 Å². The molecule has 0 aliphatic carbocycles. The van der Waals surface area contributed by atoms with E-state index in [0.717, 1.165) is 0 Å². The largest absolute Gasteiger partial charge is 0.385 e. The van der Waals surface area contributed by atoms with Crippen molar-refractivity contribution < 1.29 is 4.74 Å². The average Bonchev–Trinajstić information content (AvgIpc) is 1.84. The van der Waals surface area contributed by atoms with Gasteiger partial charge < -0.3 is 10.5 Å². The van der Waals surface area contributed by atoms with Gasteiger partial charge in [-0.25, -0.2) is 0 Å². The molecule has 2 N–H and O–H groups in total. The maximum atomic E-state index is 8.39. The minimum atomic E-state index is -0.726. The van der Waals surface area contributed by atoms with Crippen LogP contribution in [0.1, 0.15) is 13.3 Å². The van der Waals surface area contributed by atoms with Crippen molar-refractivity contribution >= 4 is 0 Å². The predicted molar refractivity (Wildman–Crippen MR) is 34.7 cm³/mol. The molecule has 0 aromatic carbocycles. The van der Waals surface area contributed by atoms with E-state index in [4.69, 9.17) is 15.7 Å². The van der Waals surface area contributed by atoms with Crippen LogP contribution in [0.5, 0.6) is 0 Å². The molecule has 0 fully saturated rings. The molecule has 52 valence electrons. The van der Waals surface area contributed by atoms with Crippen LogP contribution in [0.4, 0.5) is 0 Å². The van der Waals surface area contributed by atoms with Crippen molar-refractivity contribution in [1.82, 2.24) is 0 Å². The molecule has 0 radical (unpaired) electrons. The van der Waals surface area contributed by atoms with Crippen molar-refractivity contribution in [2.45, 2.75) is 18.9 Å². The molecule has 0 aromatic heterocycles. The van der Waals surface area contributed by atoms with Crippen LogP contribution in [0.25, 0.3) is 0 Å². The van der Waals surface area contributed by atoms with Gasteiger partial charge in [0, 0.05) is 20.1 Å². The van der Waals surface area contributed by atoms with Crippen LogP contribution >= 0.6 is 0 Å². The lowest BCUT2D eigenvalue weighted by Gasteiger charge is -2.12. The predicted octanol–water partition coefficient (Wildman–Crippen LogP) is 0.264. The van der Waals surface area contributed by atoms with Crippen molar-refractivity contribution in [3.63, 3.8) is 0 Å². The quantitative estimate of drug-likeness (QED) is 0.593. The van der Waals surface area contributed by atoms with Gasteiger partial charge in [-0.05, 0) is 6.92 Å². The van der Waals surface area contributed by atoms with Gasteiger partial charge in [0.25, 0.3) is 0 Å². The summed E-state index contributed by atoms with van der Waals surface area (Å²) in [5, 5.41) is 8.39. The molecule has 3 nitrogen and oxygen atoms in total. The third-order valence-electron chi connectivity index (χ3n) is 1.08. The van der Waals surface area contributed by atoms with E-state index < -0.39 is 5.54 Å². The number of nitrogens with zero attached hydrogens (tertiary/aromatic N) is 1. The summed E-state index contributed by atoms with van der Waals surface area (Å²) in [6, 6.07) is 1.97. The Kier molecular flexibility index (Phi) is 3.21. The first-order valence-electron chi connectivity index (χ1n) is 2.81. The minimum Gasteiger partial charge on any atom is -0.385 e. The lowest BCUT2D eigenvalue weighted by Crippen LogP contribution is -2.35. The highest BCUT2D eigenvalue weighted by Crippen LogP contribution is 2.01. The van der Waals surface area contributed by atoms with Gasteiger partial charge in [0.05, 0.1) is 6.07 Å². The standard InChI is InChI=1S/C6H12N2O/c1-6(8,5-7)3-4-9-2/h3-4,8H2,1-2H3. The number of methoxy groups -OCH3 is 1. The molecule has 0 aliphatic heterocycles. The van der Waals surface area contributed by atoms with E-state index in [1.54, 1.807) is 14.0 Å². The molecule has 1 atom stereocenters. The molecule has 1 unspecified atom stereocenters. The molecule has 0 aliphatic rings. The number of hydrogen-bond acceptors (Lipinski definition) is 3. The fourth-order valence-corrected chi connectivity index (χ4v) is 0.370. The highest BCUT2D eigenvalue weighted by Gasteiger charge is 2.15. The second kappa shape index (κ2) is 3.44. The normalized spacial score (nSPS) is 16.2. The Morgan fingerprint density at radius 1 is 1.78 bits per heavy atom. The topological polar surface area (TPSA) is 59.0 Å². The van der Waals surface area contributed by atoms with Crippen molar-refractivity contribution in [1.29, 1.82) is 5.26 Å². The molecular formula is C6H12N2O. The van der Waals surface area contributed by atoms with Gasteiger partial charge in [-0.15, -0.1) is 0 Å². The van der Waals surface area contributed by atoms with Crippen LogP contribution < -0.4 is 5.73 Å². The number of nitrogens with two attached hydrogens (primary N) is 1. The van der Waals surface area contributed by atoms with Crippen molar-refractivity contribution in [3.05, 3.63) is 0 Å². The second-order valence-corrected chi connectivity index (χ2v) is 2.27. The van der Waals surface area contributed by atoms with Gasteiger partial charge in [-0.1, -0.05) is 0 Å². The van der Waals surface area contributed by atoms with Crippen LogP contribution in [0.15, 0.2) is 0 Å². The first-order chi connectivity index (χ1) is 4.12. The van der Waals surface area contributed by atoms with Gasteiger partial charge in [0.2, 0.25) is 0 Å². The highest BCUT2D eigenvalue weighted by atomic mass is 16.5. The van der Waals surface area contributed by atoms with E-state index >= 15 is 0 Å². The Morgan fingerprint density at radius 3 is 2.67 bits per heavy atom. The molecule has 0 rings (SSSR count). The SMILES string of the molecule is COCCC(C)(N)C#N. The third-order valence-corrected chi connectivity index (χ3v) is 1.08. The Hall–Kier alpha value is -0.590. The number of ether oxygens (including phenoxy) is 1. The minimum absolute atomic E-state index is 0.542. The molecule has 0 aromatic rings. The molecule has 0 saturated carbocycles. The maximum Gasteiger partial charge on any atom is 0.103 e. The van der Waals surface area contributed by atoms with Gasteiger partial charge in [0.1, 0.15) is 5.54 Å². The summed E-state index contributed by atoms with van der Waals surface area (Å²) < 4.78 is 4.75. The van der Waals surface area contributed by atoms with E-state index in [9.17, 15) is 0 Å². The number of nitriles is 1. The van der Waals surface area contributed by atoms with Crippen LogP contribution in [-0.2, 0) is 4.74 Å². The summed E-state index contributed by atoms with van der Waals surface area (Å²) in [6.45, 7) is 2.23. The number of hydrogen-bond donors (Lipinski definition) is 1. The van der Waals surface area contributed by atoms with Crippen molar-refractivity contribution in [2.75, 3.05) is 13.7 Å². The Labute approximate surface area is 55.4 Å². The van der Waals surface area contributed by atoms with Crippen molar-refractivity contribution in [2.24, 2.45) is 5.73 Å². The molecule has 0 saturated heterocycles. The third kappa shape index (κ3) is 3.95. The zero-order chi connectivity index (χ0) is 7.33. The summed E-state index contributed by atoms with van der Waals surface area (Å²) in [5.41, 5.74) is 4.73. The Morgan fingerprint density at radius 2 is 2.33 bits per heavy atom. The summed E-state index contributed by atoms with van der Waals surface area (Å²) in [7, 11) is 1.59. The smallest absolute Gasteiger partial charge is 0.103 e. The lowest BCUT2D eigenvalue weighted by atomic mass is 10.0. The van der Waals surface area contributed by atoms with E-state index in [2.05, 4.69) is 0 Å². The molecule has 0 spiro atoms. The zero-order valence-electron chi connectivity index (χ0n) is 5.85. The molecular weight excluding hydrogens is 116 g/mol. The van der Waals surface area contributed by atoms with Gasteiger partial charge >= 0.3 is 0 Å². The highest BCUT2D eigenvalue weighted by molar-refractivity contribution is 5.00. The van der Waals surface area contributed by atoms with Crippen LogP contribution in [0.2, 0.25) is 0 Å². The van der Waals surface area contributed by atoms with Crippen LogP contribution in [0, 0.1) is 11.3 Å². The monoisotopic (exact) mass is 128 g/mol. The van der Waals surface area contributed by atoms with E-state index in [-0.39, 0.29) is 0 Å². The summed E-state index contributed by atoms with van der Waals surface area (Å²) in [6.07, 6.45) is 0.583. The molecule has 0 heterocycles. The van der Waals surface area contributed by atoms with Gasteiger partial charge in [-0.3, -0.25) is 0 Å². The lowest BCUT2D eigenvalue weighted by molar-refractivity contribution is 0.181. The van der Waals surface area contributed by atoms with Crippen LogP contribution in [-0.4, -0.2) is 19.3 Å². The van der Waals surface area contributed by atoms with E-state index in [0.29, 0.717) is 13.0 Å². The molecule has 3 heteroatoms. The number of rotatable bonds is 3. The maximum absolute atomic E-state index is 8.39. The van der Waals surface area contributed by atoms with Crippen molar-refractivity contribution in [3.8, 4) is 6.07 Å². The molecule has 0 amide bonds.